The van der Waals surface area contributed by atoms with Crippen LogP contribution in [0.5, 0.6) is 0 Å². The molecule has 0 saturated carbocycles. The summed E-state index contributed by atoms with van der Waals surface area (Å²) < 4.78 is 1.06. The molecule has 98 valence electrons. The number of rotatable bonds is 2. The predicted molar refractivity (Wildman–Crippen MR) is 73.7 cm³/mol. The van der Waals surface area contributed by atoms with Crippen molar-refractivity contribution >= 4 is 34.6 Å². The molecule has 0 aliphatic carbocycles. The van der Waals surface area contributed by atoms with Crippen LogP contribution in [0.4, 0.5) is 0 Å². The zero-order valence-electron chi connectivity index (χ0n) is 9.83. The Kier molecular flexibility index (Phi) is 3.82. The maximum atomic E-state index is 12.2. The largest absolute Gasteiger partial charge is 0.409 e. The zero-order chi connectivity index (χ0) is 14.0. The van der Waals surface area contributed by atoms with E-state index in [-0.39, 0.29) is 16.3 Å². The fraction of sp³-hybridized carbons (Fsp3) is 0.0833. The lowest BCUT2D eigenvalue weighted by Gasteiger charge is -2.06. The molecule has 1 heterocycles. The molecule has 2 aromatic rings. The minimum absolute atomic E-state index is 0.248. The van der Waals surface area contributed by atoms with Gasteiger partial charge in [-0.15, -0.1) is 0 Å². The van der Waals surface area contributed by atoms with Gasteiger partial charge < -0.3 is 5.21 Å². The first-order chi connectivity index (χ1) is 9.04. The van der Waals surface area contributed by atoms with Gasteiger partial charge in [0.1, 0.15) is 0 Å². The summed E-state index contributed by atoms with van der Waals surface area (Å²) in [5, 5.41) is 13.9. The van der Waals surface area contributed by atoms with Crippen molar-refractivity contribution in [2.24, 2.45) is 5.16 Å². The third-order valence-corrected chi connectivity index (χ3v) is 3.54. The molecule has 0 unspecified atom stereocenters. The number of ketones is 1. The quantitative estimate of drug-likeness (QED) is 0.304. The van der Waals surface area contributed by atoms with Crippen LogP contribution >= 0.6 is 22.9 Å². The molecule has 0 bridgehead atoms. The molecule has 0 atom stereocenters. The van der Waals surface area contributed by atoms with E-state index < -0.39 is 5.78 Å². The van der Waals surface area contributed by atoms with Gasteiger partial charge in [0.15, 0.2) is 0 Å². The Morgan fingerprint density at radius 2 is 2.21 bits per heavy atom. The van der Waals surface area contributed by atoms with E-state index in [1.807, 2.05) is 0 Å². The number of Topliss-reactive ketones (excluding diaryl/α,β-unsaturated/α-hetero) is 1. The molecule has 0 spiro atoms. The van der Waals surface area contributed by atoms with E-state index >= 15 is 0 Å². The molecule has 0 radical (unpaired) electrons. The smallest absolute Gasteiger partial charge is 0.313 e. The number of nitrogens with zero attached hydrogens (tertiary/aromatic N) is 2. The van der Waals surface area contributed by atoms with Gasteiger partial charge in [0.05, 0.1) is 0 Å². The van der Waals surface area contributed by atoms with E-state index in [9.17, 15) is 9.59 Å². The number of hydrogen-bond donors (Lipinski definition) is 1. The van der Waals surface area contributed by atoms with Gasteiger partial charge in [-0.25, -0.2) is 4.57 Å². The lowest BCUT2D eigenvalue weighted by molar-refractivity contribution is 0.105. The van der Waals surface area contributed by atoms with Gasteiger partial charge in [0.2, 0.25) is 11.6 Å². The number of oxime groups is 1. The van der Waals surface area contributed by atoms with Crippen LogP contribution in [0.2, 0.25) is 5.02 Å². The maximum absolute atomic E-state index is 12.2. The molecule has 19 heavy (non-hydrogen) atoms. The molecular formula is C12H9ClN2O3S. The van der Waals surface area contributed by atoms with Gasteiger partial charge in [-0.2, -0.15) is 0 Å². The van der Waals surface area contributed by atoms with Crippen LogP contribution < -0.4 is 4.87 Å². The molecule has 0 amide bonds. The van der Waals surface area contributed by atoms with Gasteiger partial charge in [0.25, 0.3) is 0 Å². The molecule has 0 aliphatic heterocycles. The lowest BCUT2D eigenvalue weighted by atomic mass is 10.1. The summed E-state index contributed by atoms with van der Waals surface area (Å²) in [4.78, 5) is 23.5. The van der Waals surface area contributed by atoms with Crippen molar-refractivity contribution in [2.75, 3.05) is 0 Å². The van der Waals surface area contributed by atoms with Crippen LogP contribution in [0.3, 0.4) is 0 Å². The highest BCUT2D eigenvalue weighted by atomic mass is 35.5. The van der Waals surface area contributed by atoms with Crippen molar-refractivity contribution in [1.82, 2.24) is 4.57 Å². The van der Waals surface area contributed by atoms with E-state index in [2.05, 4.69) is 5.16 Å². The van der Waals surface area contributed by atoms with E-state index in [0.717, 1.165) is 15.9 Å². The number of aromatic nitrogens is 1. The fourth-order valence-corrected chi connectivity index (χ4v) is 2.49. The minimum atomic E-state index is -0.575. The van der Waals surface area contributed by atoms with Gasteiger partial charge in [-0.05, 0) is 19.1 Å². The maximum Gasteiger partial charge on any atom is 0.313 e. The van der Waals surface area contributed by atoms with Crippen LogP contribution in [0.25, 0.3) is 0 Å². The molecule has 7 heteroatoms. The van der Waals surface area contributed by atoms with Gasteiger partial charge in [-0.1, -0.05) is 40.2 Å². The van der Waals surface area contributed by atoms with Gasteiger partial charge in [-0.3, -0.25) is 9.59 Å². The Morgan fingerprint density at radius 1 is 1.47 bits per heavy atom. The normalized spacial score (nSPS) is 11.6. The zero-order valence-corrected chi connectivity index (χ0v) is 11.4. The average molecular weight is 297 g/mol. The molecule has 1 N–H and O–H groups in total. The molecule has 5 nitrogen and oxygen atoms in total. The van der Waals surface area contributed by atoms with Crippen LogP contribution in [0.1, 0.15) is 16.1 Å². The summed E-state index contributed by atoms with van der Waals surface area (Å²) in [6.07, 6.45) is 0. The predicted octanol–water partition coefficient (Wildman–Crippen LogP) is 2.39. The van der Waals surface area contributed by atoms with Crippen molar-refractivity contribution in [3.05, 3.63) is 55.6 Å². The van der Waals surface area contributed by atoms with Crippen molar-refractivity contribution in [2.45, 2.75) is 6.92 Å². The summed E-state index contributed by atoms with van der Waals surface area (Å²) in [5.41, 5.74) is 0.774. The number of aryl methyl sites for hydroxylation is 1. The number of thiazole rings is 1. The summed E-state index contributed by atoms with van der Waals surface area (Å²) in [5.74, 6) is -0.917. The van der Waals surface area contributed by atoms with E-state index in [1.165, 1.54) is 12.1 Å². The van der Waals surface area contributed by atoms with Crippen molar-refractivity contribution in [3.8, 4) is 0 Å². The molecule has 1 aromatic carbocycles. The van der Waals surface area contributed by atoms with E-state index in [4.69, 9.17) is 16.8 Å². The lowest BCUT2D eigenvalue weighted by Crippen LogP contribution is -2.31. The molecular weight excluding hydrogens is 288 g/mol. The highest BCUT2D eigenvalue weighted by Crippen LogP contribution is 2.12. The van der Waals surface area contributed by atoms with Crippen molar-refractivity contribution in [1.29, 1.82) is 0 Å². The number of benzene rings is 1. The highest BCUT2D eigenvalue weighted by Gasteiger charge is 2.20. The van der Waals surface area contributed by atoms with Crippen LogP contribution in [-0.4, -0.2) is 21.4 Å². The average Bonchev–Trinajstić information content (AvgIpc) is 2.71. The summed E-state index contributed by atoms with van der Waals surface area (Å²) >= 11 is 6.73. The monoisotopic (exact) mass is 296 g/mol. The number of carbonyl (C=O) groups excluding carboxylic acids is 1. The highest BCUT2D eigenvalue weighted by molar-refractivity contribution is 7.07. The Balaban J connectivity index is 2.51. The first-order valence-corrected chi connectivity index (χ1v) is 6.50. The molecule has 2 rings (SSSR count). The van der Waals surface area contributed by atoms with E-state index in [0.29, 0.717) is 10.7 Å². The Morgan fingerprint density at radius 3 is 2.74 bits per heavy atom. The minimum Gasteiger partial charge on any atom is -0.409 e. The van der Waals surface area contributed by atoms with Gasteiger partial charge >= 0.3 is 4.87 Å². The number of carbonyl (C=O) groups is 1. The van der Waals surface area contributed by atoms with Crippen LogP contribution in [-0.2, 0) is 0 Å². The fourth-order valence-electron chi connectivity index (χ4n) is 1.59. The summed E-state index contributed by atoms with van der Waals surface area (Å²) in [7, 11) is 0. The third-order valence-electron chi connectivity index (χ3n) is 2.46. The Hall–Kier alpha value is -1.92. The van der Waals surface area contributed by atoms with Crippen molar-refractivity contribution in [3.63, 3.8) is 0 Å². The SMILES string of the molecule is Cc1csc(=O)n1/C(=N\O)C(=O)c1cccc(Cl)c1. The van der Waals surface area contributed by atoms with Crippen LogP contribution in [0.15, 0.2) is 39.6 Å². The first kappa shape index (κ1) is 13.5. The number of hydrogen-bond acceptors (Lipinski definition) is 5. The summed E-state index contributed by atoms with van der Waals surface area (Å²) in [6.45, 7) is 1.65. The summed E-state index contributed by atoms with van der Waals surface area (Å²) in [6, 6.07) is 6.21. The van der Waals surface area contributed by atoms with Gasteiger partial charge in [0, 0.05) is 21.7 Å². The third kappa shape index (κ3) is 2.59. The molecule has 1 aromatic heterocycles. The topological polar surface area (TPSA) is 71.7 Å². The Bertz CT molecular complexity index is 718. The standard InChI is InChI=1S/C12H9ClN2O3S/c1-7-6-19-12(17)15(7)11(14-18)10(16)8-3-2-4-9(13)5-8/h2-6,18H,1H3/b14-11-. The first-order valence-electron chi connectivity index (χ1n) is 5.24. The second-order valence-electron chi connectivity index (χ2n) is 3.74. The van der Waals surface area contributed by atoms with Crippen molar-refractivity contribution < 1.29 is 10.0 Å². The molecule has 0 aliphatic rings. The van der Waals surface area contributed by atoms with E-state index in [1.54, 1.807) is 24.4 Å². The Labute approximate surface area is 117 Å². The van der Waals surface area contributed by atoms with Crippen LogP contribution in [0, 0.1) is 6.92 Å². The molecule has 0 saturated heterocycles. The number of halogens is 1. The molecule has 0 fully saturated rings. The second kappa shape index (κ2) is 5.38. The second-order valence-corrected chi connectivity index (χ2v) is 5.00.